The summed E-state index contributed by atoms with van der Waals surface area (Å²) in [6.07, 6.45) is 9.72. The van der Waals surface area contributed by atoms with Crippen LogP contribution in [0.15, 0.2) is 23.8 Å². The Labute approximate surface area is 111 Å². The second-order valence-electron chi connectivity index (χ2n) is 5.89. The number of carbonyl (C=O) groups is 1. The van der Waals surface area contributed by atoms with Crippen LogP contribution >= 0.6 is 0 Å². The normalized spacial score (nSPS) is 24.7. The first kappa shape index (κ1) is 15.0. The van der Waals surface area contributed by atoms with Gasteiger partial charge in [0.2, 0.25) is 0 Å². The summed E-state index contributed by atoms with van der Waals surface area (Å²) < 4.78 is 5.25. The lowest BCUT2D eigenvalue weighted by molar-refractivity contribution is -0.144. The van der Waals surface area contributed by atoms with Gasteiger partial charge in [-0.15, -0.1) is 0 Å². The Hall–Kier alpha value is -1.05. The third kappa shape index (κ3) is 4.01. The van der Waals surface area contributed by atoms with Crippen LogP contribution in [0.4, 0.5) is 0 Å². The molecule has 0 aromatic rings. The quantitative estimate of drug-likeness (QED) is 0.550. The first-order valence-corrected chi connectivity index (χ1v) is 6.89. The van der Waals surface area contributed by atoms with E-state index < -0.39 is 0 Å². The monoisotopic (exact) mass is 250 g/mol. The Balaban J connectivity index is 2.77. The summed E-state index contributed by atoms with van der Waals surface area (Å²) in [6, 6.07) is 0. The molecule has 0 amide bonds. The van der Waals surface area contributed by atoms with Crippen molar-refractivity contribution in [2.75, 3.05) is 0 Å². The van der Waals surface area contributed by atoms with Gasteiger partial charge in [0.1, 0.15) is 6.10 Å². The molecule has 0 aromatic heterocycles. The van der Waals surface area contributed by atoms with E-state index in [1.165, 1.54) is 25.3 Å². The van der Waals surface area contributed by atoms with E-state index in [4.69, 9.17) is 4.74 Å². The molecule has 2 heteroatoms. The Morgan fingerprint density at radius 1 is 1.61 bits per heavy atom. The van der Waals surface area contributed by atoms with Crippen LogP contribution in [0.2, 0.25) is 0 Å². The number of rotatable bonds is 4. The van der Waals surface area contributed by atoms with Crippen molar-refractivity contribution in [2.45, 2.75) is 60.0 Å². The summed E-state index contributed by atoms with van der Waals surface area (Å²) in [6.45, 7) is 10.3. The van der Waals surface area contributed by atoms with Crippen molar-refractivity contribution in [1.82, 2.24) is 0 Å². The molecule has 0 bridgehead atoms. The molecule has 0 spiro atoms. The molecule has 0 saturated carbocycles. The van der Waals surface area contributed by atoms with Crippen LogP contribution in [0.1, 0.15) is 53.9 Å². The van der Waals surface area contributed by atoms with Crippen molar-refractivity contribution in [2.24, 2.45) is 11.3 Å². The van der Waals surface area contributed by atoms with E-state index in [-0.39, 0.29) is 12.1 Å². The standard InChI is InChI=1S/C16H26O2/c1-6-14(18-13(3)17)9-10-15-12(2)8-7-11-16(15,4)5/h8-10,14-15H,6-7,11H2,1-5H3/b10-9-/t14-,15+/m1/s1. The summed E-state index contributed by atoms with van der Waals surface area (Å²) in [5, 5.41) is 0. The zero-order valence-corrected chi connectivity index (χ0v) is 12.3. The zero-order valence-electron chi connectivity index (χ0n) is 12.3. The van der Waals surface area contributed by atoms with Gasteiger partial charge in [-0.2, -0.15) is 0 Å². The van der Waals surface area contributed by atoms with E-state index in [0.717, 1.165) is 6.42 Å². The highest BCUT2D eigenvalue weighted by Crippen LogP contribution is 2.41. The first-order chi connectivity index (χ1) is 8.36. The van der Waals surface area contributed by atoms with E-state index in [2.05, 4.69) is 39.0 Å². The Morgan fingerprint density at radius 3 is 2.78 bits per heavy atom. The molecule has 0 N–H and O–H groups in total. The van der Waals surface area contributed by atoms with Crippen molar-refractivity contribution in [3.05, 3.63) is 23.8 Å². The number of hydrogen-bond acceptors (Lipinski definition) is 2. The van der Waals surface area contributed by atoms with Crippen molar-refractivity contribution < 1.29 is 9.53 Å². The molecular weight excluding hydrogens is 224 g/mol. The largest absolute Gasteiger partial charge is 0.458 e. The fourth-order valence-corrected chi connectivity index (χ4v) is 2.69. The lowest BCUT2D eigenvalue weighted by Gasteiger charge is -2.36. The maximum absolute atomic E-state index is 11.0. The molecule has 102 valence electrons. The number of hydrogen-bond donors (Lipinski definition) is 0. The summed E-state index contributed by atoms with van der Waals surface area (Å²) in [5.41, 5.74) is 1.73. The summed E-state index contributed by atoms with van der Waals surface area (Å²) in [5.74, 6) is 0.248. The summed E-state index contributed by atoms with van der Waals surface area (Å²) in [4.78, 5) is 11.0. The number of esters is 1. The van der Waals surface area contributed by atoms with Crippen LogP contribution in [0.5, 0.6) is 0 Å². The lowest BCUT2D eigenvalue weighted by atomic mass is 9.68. The molecule has 0 radical (unpaired) electrons. The van der Waals surface area contributed by atoms with Gasteiger partial charge in [0, 0.05) is 12.8 Å². The van der Waals surface area contributed by atoms with Crippen molar-refractivity contribution in [3.63, 3.8) is 0 Å². The first-order valence-electron chi connectivity index (χ1n) is 6.89. The molecule has 1 aliphatic rings. The Morgan fingerprint density at radius 2 is 2.28 bits per heavy atom. The van der Waals surface area contributed by atoms with E-state index >= 15 is 0 Å². The fourth-order valence-electron chi connectivity index (χ4n) is 2.69. The average Bonchev–Trinajstić information content (AvgIpc) is 2.25. The van der Waals surface area contributed by atoms with Gasteiger partial charge in [0.15, 0.2) is 0 Å². The van der Waals surface area contributed by atoms with Gasteiger partial charge in [-0.05, 0) is 37.7 Å². The van der Waals surface area contributed by atoms with Crippen molar-refractivity contribution in [1.29, 1.82) is 0 Å². The molecule has 0 aliphatic heterocycles. The van der Waals surface area contributed by atoms with Crippen LogP contribution in [0, 0.1) is 11.3 Å². The molecule has 0 saturated heterocycles. The van der Waals surface area contributed by atoms with E-state index in [1.54, 1.807) is 0 Å². The molecule has 18 heavy (non-hydrogen) atoms. The predicted molar refractivity (Wildman–Crippen MR) is 75.2 cm³/mol. The van der Waals surface area contributed by atoms with E-state index in [0.29, 0.717) is 11.3 Å². The Bertz CT molecular complexity index is 350. The highest BCUT2D eigenvalue weighted by molar-refractivity contribution is 5.66. The third-order valence-electron chi connectivity index (χ3n) is 3.83. The van der Waals surface area contributed by atoms with Gasteiger partial charge in [0.05, 0.1) is 0 Å². The smallest absolute Gasteiger partial charge is 0.303 e. The fraction of sp³-hybridized carbons (Fsp3) is 0.688. The average molecular weight is 250 g/mol. The molecule has 2 nitrogen and oxygen atoms in total. The SMILES string of the molecule is CC[C@H](/C=C\[C@H]1C(C)=CCCC1(C)C)OC(C)=O. The zero-order chi connectivity index (χ0) is 13.8. The maximum Gasteiger partial charge on any atom is 0.303 e. The Kier molecular flexibility index (Phi) is 5.18. The highest BCUT2D eigenvalue weighted by atomic mass is 16.5. The second kappa shape index (κ2) is 6.21. The van der Waals surface area contributed by atoms with Crippen LogP contribution in [-0.2, 0) is 9.53 Å². The lowest BCUT2D eigenvalue weighted by Crippen LogP contribution is -2.26. The molecule has 0 aromatic carbocycles. The number of ether oxygens (including phenoxy) is 1. The minimum atomic E-state index is -0.207. The van der Waals surface area contributed by atoms with Gasteiger partial charge >= 0.3 is 5.97 Å². The third-order valence-corrected chi connectivity index (χ3v) is 3.83. The molecule has 0 fully saturated rings. The predicted octanol–water partition coefficient (Wildman–Crippen LogP) is 4.27. The molecule has 1 aliphatic carbocycles. The van der Waals surface area contributed by atoms with E-state index in [9.17, 15) is 4.79 Å². The topological polar surface area (TPSA) is 26.3 Å². The summed E-state index contributed by atoms with van der Waals surface area (Å²) in [7, 11) is 0. The maximum atomic E-state index is 11.0. The minimum Gasteiger partial charge on any atom is -0.458 e. The molecule has 1 rings (SSSR count). The van der Waals surface area contributed by atoms with Gasteiger partial charge < -0.3 is 4.74 Å². The van der Waals surface area contributed by atoms with Crippen LogP contribution in [0.25, 0.3) is 0 Å². The van der Waals surface area contributed by atoms with Crippen LogP contribution in [-0.4, -0.2) is 12.1 Å². The number of carbonyl (C=O) groups excluding carboxylic acids is 1. The highest BCUT2D eigenvalue weighted by Gasteiger charge is 2.30. The van der Waals surface area contributed by atoms with E-state index in [1.807, 2.05) is 6.92 Å². The van der Waals surface area contributed by atoms with Crippen LogP contribution < -0.4 is 0 Å². The molecular formula is C16H26O2. The van der Waals surface area contributed by atoms with Gasteiger partial charge in [0.25, 0.3) is 0 Å². The molecule has 2 atom stereocenters. The minimum absolute atomic E-state index is 0.0898. The molecule has 0 heterocycles. The molecule has 0 unspecified atom stereocenters. The van der Waals surface area contributed by atoms with Gasteiger partial charge in [-0.25, -0.2) is 0 Å². The van der Waals surface area contributed by atoms with Crippen LogP contribution in [0.3, 0.4) is 0 Å². The van der Waals surface area contributed by atoms with Gasteiger partial charge in [-0.3, -0.25) is 4.79 Å². The summed E-state index contributed by atoms with van der Waals surface area (Å²) >= 11 is 0. The second-order valence-corrected chi connectivity index (χ2v) is 5.89. The van der Waals surface area contributed by atoms with Crippen molar-refractivity contribution >= 4 is 5.97 Å². The number of allylic oxidation sites excluding steroid dienone is 3. The van der Waals surface area contributed by atoms with Crippen molar-refractivity contribution in [3.8, 4) is 0 Å². The van der Waals surface area contributed by atoms with Gasteiger partial charge in [-0.1, -0.05) is 38.5 Å².